The summed E-state index contributed by atoms with van der Waals surface area (Å²) in [6, 6.07) is 7.71. The van der Waals surface area contributed by atoms with E-state index in [1.54, 1.807) is 29.2 Å². The van der Waals surface area contributed by atoms with Crippen molar-refractivity contribution in [2.45, 2.75) is 19.1 Å². The molecule has 0 spiro atoms. The van der Waals surface area contributed by atoms with Crippen molar-refractivity contribution in [3.05, 3.63) is 66.2 Å². The predicted molar refractivity (Wildman–Crippen MR) is 107 cm³/mol. The molecule has 0 N–H and O–H groups in total. The molecule has 8 nitrogen and oxygen atoms in total. The number of fused-ring (bicyclic) bond motifs is 1. The Morgan fingerprint density at radius 3 is 2.50 bits per heavy atom. The number of benzene rings is 1. The molecule has 162 valence electrons. The third-order valence-electron chi connectivity index (χ3n) is 5.21. The van der Waals surface area contributed by atoms with Crippen molar-refractivity contribution in [3.8, 4) is 22.8 Å². The SMILES string of the molecule is C[C@H]1CN(c2ccc(C(F)(F)F)cc2)C(=O)c2c(-c3nc(-c4ccncc4)no3)cnn21. The van der Waals surface area contributed by atoms with Gasteiger partial charge in [0.25, 0.3) is 11.8 Å². The van der Waals surface area contributed by atoms with E-state index in [-0.39, 0.29) is 24.2 Å². The molecule has 1 amide bonds. The summed E-state index contributed by atoms with van der Waals surface area (Å²) in [4.78, 5) is 23.1. The van der Waals surface area contributed by atoms with Gasteiger partial charge in [-0.25, -0.2) is 0 Å². The lowest BCUT2D eigenvalue weighted by Crippen LogP contribution is -2.42. The molecule has 4 heterocycles. The summed E-state index contributed by atoms with van der Waals surface area (Å²) in [5.41, 5.74) is 0.859. The summed E-state index contributed by atoms with van der Waals surface area (Å²) in [6.45, 7) is 2.12. The van der Waals surface area contributed by atoms with E-state index in [2.05, 4.69) is 20.2 Å². The first-order valence-electron chi connectivity index (χ1n) is 9.64. The maximum Gasteiger partial charge on any atom is 0.416 e. The lowest BCUT2D eigenvalue weighted by molar-refractivity contribution is -0.137. The van der Waals surface area contributed by atoms with E-state index in [9.17, 15) is 18.0 Å². The molecule has 0 radical (unpaired) electrons. The fourth-order valence-corrected chi connectivity index (χ4v) is 3.62. The number of carbonyl (C=O) groups excluding carboxylic acids is 1. The first-order chi connectivity index (χ1) is 15.3. The van der Waals surface area contributed by atoms with Crippen molar-refractivity contribution in [3.63, 3.8) is 0 Å². The number of amides is 1. The summed E-state index contributed by atoms with van der Waals surface area (Å²) in [5, 5.41) is 8.27. The van der Waals surface area contributed by atoms with E-state index >= 15 is 0 Å². The van der Waals surface area contributed by atoms with Gasteiger partial charge in [-0.2, -0.15) is 23.3 Å². The Labute approximate surface area is 179 Å². The fourth-order valence-electron chi connectivity index (χ4n) is 3.62. The quantitative estimate of drug-likeness (QED) is 0.474. The second-order valence-electron chi connectivity index (χ2n) is 7.32. The molecule has 1 aliphatic heterocycles. The molecule has 0 saturated carbocycles. The maximum absolute atomic E-state index is 13.3. The molecule has 0 bridgehead atoms. The van der Waals surface area contributed by atoms with E-state index in [0.717, 1.165) is 12.1 Å². The molecule has 0 unspecified atom stereocenters. The standard InChI is InChI=1S/C21H15F3N6O2/c1-12-11-29(15-4-2-14(3-5-15)21(22,23)24)20(31)17-16(10-26-30(12)17)19-27-18(28-32-19)13-6-8-25-9-7-13/h2-10,12H,11H2,1H3/t12-/m0/s1. The molecule has 5 rings (SSSR count). The highest BCUT2D eigenvalue weighted by Gasteiger charge is 2.36. The Morgan fingerprint density at radius 2 is 1.81 bits per heavy atom. The van der Waals surface area contributed by atoms with Crippen LogP contribution in [-0.4, -0.2) is 37.4 Å². The second-order valence-corrected chi connectivity index (χ2v) is 7.32. The van der Waals surface area contributed by atoms with Crippen LogP contribution in [0.3, 0.4) is 0 Å². The van der Waals surface area contributed by atoms with Crippen LogP contribution in [0, 0.1) is 0 Å². The van der Waals surface area contributed by atoms with E-state index < -0.39 is 17.6 Å². The van der Waals surface area contributed by atoms with Gasteiger partial charge in [0.1, 0.15) is 5.69 Å². The lowest BCUT2D eigenvalue weighted by Gasteiger charge is -2.32. The van der Waals surface area contributed by atoms with Crippen LogP contribution in [0.5, 0.6) is 0 Å². The summed E-state index contributed by atoms with van der Waals surface area (Å²) in [7, 11) is 0. The van der Waals surface area contributed by atoms with Gasteiger partial charge in [0, 0.05) is 30.2 Å². The largest absolute Gasteiger partial charge is 0.416 e. The highest BCUT2D eigenvalue weighted by atomic mass is 19.4. The Morgan fingerprint density at radius 1 is 1.09 bits per heavy atom. The molecule has 32 heavy (non-hydrogen) atoms. The zero-order valence-corrected chi connectivity index (χ0v) is 16.6. The van der Waals surface area contributed by atoms with Crippen LogP contribution < -0.4 is 4.90 Å². The fraction of sp³-hybridized carbons (Fsp3) is 0.190. The minimum absolute atomic E-state index is 0.118. The molecule has 11 heteroatoms. The topological polar surface area (TPSA) is 89.9 Å². The Kier molecular flexibility index (Phi) is 4.54. The Bertz CT molecular complexity index is 1280. The van der Waals surface area contributed by atoms with Gasteiger partial charge < -0.3 is 9.42 Å². The first kappa shape index (κ1) is 19.9. The molecule has 0 aliphatic carbocycles. The van der Waals surface area contributed by atoms with Gasteiger partial charge in [0.15, 0.2) is 0 Å². The molecular weight excluding hydrogens is 425 g/mol. The number of halogens is 3. The molecule has 0 saturated heterocycles. The van der Waals surface area contributed by atoms with Crippen LogP contribution in [0.1, 0.15) is 29.0 Å². The molecule has 3 aromatic heterocycles. The summed E-state index contributed by atoms with van der Waals surface area (Å²) >= 11 is 0. The van der Waals surface area contributed by atoms with Crippen LogP contribution in [0.15, 0.2) is 59.5 Å². The van der Waals surface area contributed by atoms with Crippen LogP contribution in [0.2, 0.25) is 0 Å². The minimum atomic E-state index is -4.45. The Hall–Kier alpha value is -4.02. The monoisotopic (exact) mass is 440 g/mol. The third-order valence-corrected chi connectivity index (χ3v) is 5.21. The van der Waals surface area contributed by atoms with Crippen molar-refractivity contribution < 1.29 is 22.5 Å². The van der Waals surface area contributed by atoms with Crippen LogP contribution in [0.25, 0.3) is 22.8 Å². The number of rotatable bonds is 3. The van der Waals surface area contributed by atoms with Gasteiger partial charge in [-0.15, -0.1) is 0 Å². The summed E-state index contributed by atoms with van der Waals surface area (Å²) in [6.07, 6.45) is 0.221. The highest BCUT2D eigenvalue weighted by molar-refractivity contribution is 6.09. The summed E-state index contributed by atoms with van der Waals surface area (Å²) < 4.78 is 45.6. The van der Waals surface area contributed by atoms with Gasteiger partial charge >= 0.3 is 6.18 Å². The number of nitrogens with zero attached hydrogens (tertiary/aromatic N) is 6. The van der Waals surface area contributed by atoms with Gasteiger partial charge in [-0.1, -0.05) is 5.16 Å². The average molecular weight is 440 g/mol. The third kappa shape index (κ3) is 3.31. The number of anilines is 1. The van der Waals surface area contributed by atoms with E-state index in [1.165, 1.54) is 23.2 Å². The first-order valence-corrected chi connectivity index (χ1v) is 9.64. The number of hydrogen-bond acceptors (Lipinski definition) is 6. The van der Waals surface area contributed by atoms with Crippen molar-refractivity contribution >= 4 is 11.6 Å². The zero-order valence-electron chi connectivity index (χ0n) is 16.6. The molecule has 0 fully saturated rings. The van der Waals surface area contributed by atoms with Crippen molar-refractivity contribution in [2.75, 3.05) is 11.4 Å². The molecular formula is C21H15F3N6O2. The van der Waals surface area contributed by atoms with Gasteiger partial charge in [0.05, 0.1) is 23.4 Å². The molecule has 1 aromatic carbocycles. The van der Waals surface area contributed by atoms with E-state index in [4.69, 9.17) is 4.52 Å². The predicted octanol–water partition coefficient (Wildman–Crippen LogP) is 4.24. The van der Waals surface area contributed by atoms with E-state index in [1.807, 2.05) is 6.92 Å². The number of hydrogen-bond donors (Lipinski definition) is 0. The average Bonchev–Trinajstić information content (AvgIpc) is 3.44. The van der Waals surface area contributed by atoms with Crippen molar-refractivity contribution in [1.82, 2.24) is 24.9 Å². The Balaban J connectivity index is 1.51. The van der Waals surface area contributed by atoms with Crippen LogP contribution >= 0.6 is 0 Å². The molecule has 1 atom stereocenters. The second kappa shape index (κ2) is 7.29. The van der Waals surface area contributed by atoms with Crippen LogP contribution in [-0.2, 0) is 6.18 Å². The lowest BCUT2D eigenvalue weighted by atomic mass is 10.1. The number of aromatic nitrogens is 5. The summed E-state index contributed by atoms with van der Waals surface area (Å²) in [5.74, 6) is 0.0325. The number of carbonyl (C=O) groups is 1. The van der Waals surface area contributed by atoms with E-state index in [0.29, 0.717) is 22.6 Å². The zero-order chi connectivity index (χ0) is 22.5. The van der Waals surface area contributed by atoms with Crippen molar-refractivity contribution in [2.24, 2.45) is 0 Å². The van der Waals surface area contributed by atoms with Crippen LogP contribution in [0.4, 0.5) is 18.9 Å². The maximum atomic E-state index is 13.3. The minimum Gasteiger partial charge on any atom is -0.333 e. The van der Waals surface area contributed by atoms with Gasteiger partial charge in [-0.3, -0.25) is 14.5 Å². The number of pyridine rings is 1. The normalized spacial score (nSPS) is 16.3. The smallest absolute Gasteiger partial charge is 0.333 e. The van der Waals surface area contributed by atoms with Gasteiger partial charge in [0.2, 0.25) is 5.82 Å². The van der Waals surface area contributed by atoms with Gasteiger partial charge in [-0.05, 0) is 43.3 Å². The molecule has 1 aliphatic rings. The highest BCUT2D eigenvalue weighted by Crippen LogP contribution is 2.34. The molecule has 4 aromatic rings. The number of alkyl halides is 3. The van der Waals surface area contributed by atoms with Crippen molar-refractivity contribution in [1.29, 1.82) is 0 Å².